The minimum atomic E-state index is -0.477. The number of nitrogens with one attached hydrogen (secondary N) is 1. The van der Waals surface area contributed by atoms with Crippen molar-refractivity contribution in [2.75, 3.05) is 33.8 Å². The lowest BCUT2D eigenvalue weighted by Gasteiger charge is -2.47. The Balaban J connectivity index is 1.64. The van der Waals surface area contributed by atoms with Gasteiger partial charge in [-0.3, -0.25) is 0 Å². The highest BCUT2D eigenvalue weighted by Gasteiger charge is 2.38. The summed E-state index contributed by atoms with van der Waals surface area (Å²) in [6.45, 7) is 1.83. The molecule has 0 saturated heterocycles. The summed E-state index contributed by atoms with van der Waals surface area (Å²) < 4.78 is 5.54. The maximum absolute atomic E-state index is 9.94. The summed E-state index contributed by atoms with van der Waals surface area (Å²) in [5.74, 6) is 0.801. The van der Waals surface area contributed by atoms with Crippen molar-refractivity contribution in [3.63, 3.8) is 0 Å². The summed E-state index contributed by atoms with van der Waals surface area (Å²) in [5.41, 5.74) is 0.292. The first-order valence-corrected chi connectivity index (χ1v) is 7.36. The Labute approximate surface area is 121 Å². The van der Waals surface area contributed by atoms with E-state index in [-0.39, 0.29) is 0 Å². The maximum Gasteiger partial charge on any atom is 0.119 e. The molecule has 2 rings (SSSR count). The Morgan fingerprint density at radius 1 is 1.30 bits per heavy atom. The molecule has 0 aliphatic heterocycles. The average molecular weight is 278 g/mol. The van der Waals surface area contributed by atoms with Gasteiger partial charge in [-0.2, -0.15) is 0 Å². The molecule has 1 unspecified atom stereocenters. The summed E-state index contributed by atoms with van der Waals surface area (Å²) in [4.78, 5) is 2.30. The van der Waals surface area contributed by atoms with Crippen LogP contribution in [0, 0.1) is 0 Å². The highest BCUT2D eigenvalue weighted by atomic mass is 16.5. The summed E-state index contributed by atoms with van der Waals surface area (Å²) in [7, 11) is 4.27. The summed E-state index contributed by atoms with van der Waals surface area (Å²) >= 11 is 0. The third-order valence-electron chi connectivity index (χ3n) is 4.25. The number of aliphatic hydroxyl groups excluding tert-OH is 1. The zero-order chi connectivity index (χ0) is 14.4. The standard InChI is InChI=1S/C16H26N2O2/c1-18(2)16(9-6-10-16)13-17-11-14(19)12-20-15-7-4-3-5-8-15/h3-5,7-8,14,17,19H,6,9-13H2,1-2H3. The van der Waals surface area contributed by atoms with Crippen LogP contribution in [-0.2, 0) is 0 Å². The molecule has 0 bridgehead atoms. The molecule has 112 valence electrons. The summed E-state index contributed by atoms with van der Waals surface area (Å²) in [5, 5.41) is 13.3. The second-order valence-electron chi connectivity index (χ2n) is 5.88. The Morgan fingerprint density at radius 3 is 2.55 bits per heavy atom. The molecule has 0 spiro atoms. The number of rotatable bonds is 8. The van der Waals surface area contributed by atoms with Crippen molar-refractivity contribution >= 4 is 0 Å². The van der Waals surface area contributed by atoms with Crippen molar-refractivity contribution < 1.29 is 9.84 Å². The Hall–Kier alpha value is -1.10. The van der Waals surface area contributed by atoms with E-state index < -0.39 is 6.10 Å². The van der Waals surface area contributed by atoms with Crippen LogP contribution in [0.15, 0.2) is 30.3 Å². The lowest BCUT2D eigenvalue weighted by Crippen LogP contribution is -2.57. The Bertz CT molecular complexity index is 391. The number of likely N-dealkylation sites (N-methyl/N-ethyl adjacent to an activating group) is 1. The molecule has 0 radical (unpaired) electrons. The number of aliphatic hydroxyl groups is 1. The number of nitrogens with zero attached hydrogens (tertiary/aromatic N) is 1. The van der Waals surface area contributed by atoms with Crippen LogP contribution < -0.4 is 10.1 Å². The van der Waals surface area contributed by atoms with Gasteiger partial charge < -0.3 is 20.1 Å². The molecule has 1 aliphatic rings. The molecule has 1 atom stereocenters. The van der Waals surface area contributed by atoms with E-state index in [1.165, 1.54) is 19.3 Å². The van der Waals surface area contributed by atoms with Crippen molar-refractivity contribution in [3.05, 3.63) is 30.3 Å². The first-order chi connectivity index (χ1) is 9.62. The zero-order valence-electron chi connectivity index (χ0n) is 12.5. The molecule has 0 amide bonds. The number of ether oxygens (including phenoxy) is 1. The fraction of sp³-hybridized carbons (Fsp3) is 0.625. The van der Waals surface area contributed by atoms with Crippen LogP contribution in [0.4, 0.5) is 0 Å². The van der Waals surface area contributed by atoms with Gasteiger partial charge in [-0.25, -0.2) is 0 Å². The first-order valence-electron chi connectivity index (χ1n) is 7.36. The van der Waals surface area contributed by atoms with Gasteiger partial charge in [-0.15, -0.1) is 0 Å². The van der Waals surface area contributed by atoms with Crippen molar-refractivity contribution in [2.45, 2.75) is 30.9 Å². The van der Waals surface area contributed by atoms with Crippen LogP contribution in [-0.4, -0.2) is 55.4 Å². The van der Waals surface area contributed by atoms with E-state index in [0.717, 1.165) is 12.3 Å². The van der Waals surface area contributed by atoms with E-state index >= 15 is 0 Å². The minimum absolute atomic E-state index is 0.292. The van der Waals surface area contributed by atoms with Gasteiger partial charge in [0.15, 0.2) is 0 Å². The molecule has 1 fully saturated rings. The third kappa shape index (κ3) is 3.95. The van der Waals surface area contributed by atoms with Crippen LogP contribution in [0.5, 0.6) is 5.75 Å². The van der Waals surface area contributed by atoms with E-state index in [1.807, 2.05) is 30.3 Å². The van der Waals surface area contributed by atoms with Gasteiger partial charge in [0.2, 0.25) is 0 Å². The second-order valence-corrected chi connectivity index (χ2v) is 5.88. The van der Waals surface area contributed by atoms with Gasteiger partial charge in [-0.05, 0) is 45.5 Å². The normalized spacial score (nSPS) is 18.6. The van der Waals surface area contributed by atoms with Gasteiger partial charge in [0.05, 0.1) is 0 Å². The van der Waals surface area contributed by atoms with E-state index in [1.54, 1.807) is 0 Å². The van der Waals surface area contributed by atoms with Crippen molar-refractivity contribution in [1.29, 1.82) is 0 Å². The molecule has 0 aromatic heterocycles. The van der Waals surface area contributed by atoms with Gasteiger partial charge in [-0.1, -0.05) is 18.2 Å². The van der Waals surface area contributed by atoms with Crippen molar-refractivity contribution in [2.24, 2.45) is 0 Å². The van der Waals surface area contributed by atoms with Crippen LogP contribution in [0.2, 0.25) is 0 Å². The highest BCUT2D eigenvalue weighted by molar-refractivity contribution is 5.20. The summed E-state index contributed by atoms with van der Waals surface area (Å²) in [6, 6.07) is 9.60. The largest absolute Gasteiger partial charge is 0.491 e. The molecule has 1 aliphatic carbocycles. The number of hydrogen-bond donors (Lipinski definition) is 2. The SMILES string of the molecule is CN(C)C1(CNCC(O)COc2ccccc2)CCC1. The number of hydrogen-bond acceptors (Lipinski definition) is 4. The Kier molecular flexibility index (Phi) is 5.40. The molecular weight excluding hydrogens is 252 g/mol. The van der Waals surface area contributed by atoms with Crippen molar-refractivity contribution in [3.8, 4) is 5.75 Å². The van der Waals surface area contributed by atoms with E-state index in [2.05, 4.69) is 24.3 Å². The lowest BCUT2D eigenvalue weighted by atomic mass is 9.75. The van der Waals surface area contributed by atoms with E-state index in [9.17, 15) is 5.11 Å². The van der Waals surface area contributed by atoms with Crippen LogP contribution in [0.1, 0.15) is 19.3 Å². The molecule has 4 nitrogen and oxygen atoms in total. The molecule has 1 saturated carbocycles. The predicted molar refractivity (Wildman–Crippen MR) is 81.1 cm³/mol. The zero-order valence-corrected chi connectivity index (χ0v) is 12.5. The average Bonchev–Trinajstić information content (AvgIpc) is 2.40. The van der Waals surface area contributed by atoms with Gasteiger partial charge in [0.25, 0.3) is 0 Å². The number of para-hydroxylation sites is 1. The molecule has 1 aromatic rings. The first kappa shape index (κ1) is 15.3. The van der Waals surface area contributed by atoms with Gasteiger partial charge in [0, 0.05) is 18.6 Å². The smallest absolute Gasteiger partial charge is 0.119 e. The lowest BCUT2D eigenvalue weighted by molar-refractivity contribution is 0.0512. The third-order valence-corrected chi connectivity index (χ3v) is 4.25. The van der Waals surface area contributed by atoms with Crippen LogP contribution in [0.25, 0.3) is 0 Å². The monoisotopic (exact) mass is 278 g/mol. The van der Waals surface area contributed by atoms with Gasteiger partial charge in [0.1, 0.15) is 18.5 Å². The predicted octanol–water partition coefficient (Wildman–Crippen LogP) is 1.50. The quantitative estimate of drug-likeness (QED) is 0.756. The van der Waals surface area contributed by atoms with E-state index in [4.69, 9.17) is 4.74 Å². The minimum Gasteiger partial charge on any atom is -0.491 e. The van der Waals surface area contributed by atoms with Gasteiger partial charge >= 0.3 is 0 Å². The fourth-order valence-electron chi connectivity index (χ4n) is 2.61. The molecule has 1 aromatic carbocycles. The van der Waals surface area contributed by atoms with Crippen molar-refractivity contribution in [1.82, 2.24) is 10.2 Å². The molecule has 4 heteroatoms. The molecule has 2 N–H and O–H groups in total. The second kappa shape index (κ2) is 7.07. The Morgan fingerprint density at radius 2 is 2.00 bits per heavy atom. The topological polar surface area (TPSA) is 44.7 Å². The molecule has 20 heavy (non-hydrogen) atoms. The molecular formula is C16H26N2O2. The number of benzene rings is 1. The summed E-state index contributed by atoms with van der Waals surface area (Å²) in [6.07, 6.45) is 3.31. The van der Waals surface area contributed by atoms with Crippen LogP contribution >= 0.6 is 0 Å². The van der Waals surface area contributed by atoms with E-state index in [0.29, 0.717) is 18.7 Å². The highest BCUT2D eigenvalue weighted by Crippen LogP contribution is 2.35. The fourth-order valence-corrected chi connectivity index (χ4v) is 2.61. The van der Waals surface area contributed by atoms with Crippen LogP contribution in [0.3, 0.4) is 0 Å². The maximum atomic E-state index is 9.94. The molecule has 0 heterocycles.